The molecule has 1 fully saturated rings. The Hall–Kier alpha value is -1.83. The lowest BCUT2D eigenvalue weighted by atomic mass is 9.96. The van der Waals surface area contributed by atoms with Crippen molar-refractivity contribution in [2.75, 3.05) is 33.3 Å². The Kier molecular flexibility index (Phi) is 5.55. The summed E-state index contributed by atoms with van der Waals surface area (Å²) in [5, 5.41) is 0. The number of amides is 1. The number of likely N-dealkylation sites (tertiary alicyclic amines) is 1. The third-order valence-corrected chi connectivity index (χ3v) is 5.10. The largest absolute Gasteiger partial charge is 0.371 e. The van der Waals surface area contributed by atoms with E-state index in [4.69, 9.17) is 11.2 Å². The molecule has 0 radical (unpaired) electrons. The molecule has 0 aliphatic carbocycles. The number of carbonyl (C=O) groups is 1. The Morgan fingerprint density at radius 3 is 3.08 bits per heavy atom. The fraction of sp³-hybridized carbons (Fsp3) is 0.550. The van der Waals surface area contributed by atoms with E-state index in [0.29, 0.717) is 13.1 Å². The third-order valence-electron chi connectivity index (χ3n) is 5.10. The van der Waals surface area contributed by atoms with Gasteiger partial charge >= 0.3 is 0 Å². The maximum absolute atomic E-state index is 12.9. The second kappa shape index (κ2) is 7.83. The predicted molar refractivity (Wildman–Crippen MR) is 94.5 cm³/mol. The van der Waals surface area contributed by atoms with Crippen LogP contribution >= 0.6 is 0 Å². The number of nitrogens with zero attached hydrogens (tertiary/aromatic N) is 2. The summed E-state index contributed by atoms with van der Waals surface area (Å²) in [4.78, 5) is 16.9. The molecule has 0 spiro atoms. The molecule has 1 amide bonds. The van der Waals surface area contributed by atoms with Gasteiger partial charge in [-0.05, 0) is 36.9 Å². The van der Waals surface area contributed by atoms with Crippen LogP contribution in [0.1, 0.15) is 36.5 Å². The molecule has 0 saturated carbocycles. The molecule has 0 bridgehead atoms. The summed E-state index contributed by atoms with van der Waals surface area (Å²) >= 11 is 0. The van der Waals surface area contributed by atoms with Crippen molar-refractivity contribution in [2.24, 2.45) is 0 Å². The van der Waals surface area contributed by atoms with Gasteiger partial charge in [0, 0.05) is 7.05 Å². The van der Waals surface area contributed by atoms with Gasteiger partial charge in [0.05, 0.1) is 25.7 Å². The van der Waals surface area contributed by atoms with Gasteiger partial charge in [-0.25, -0.2) is 0 Å². The van der Waals surface area contributed by atoms with E-state index in [1.807, 2.05) is 18.0 Å². The SMILES string of the molecule is C#CCN1CCCCC1C(=O)N(C)CC1OCCc2ccccc21. The van der Waals surface area contributed by atoms with E-state index in [2.05, 4.69) is 29.0 Å². The van der Waals surface area contributed by atoms with Crippen molar-refractivity contribution in [1.82, 2.24) is 9.80 Å². The number of ether oxygens (including phenoxy) is 1. The van der Waals surface area contributed by atoms with Crippen molar-refractivity contribution in [3.8, 4) is 12.3 Å². The minimum atomic E-state index is -0.0846. The van der Waals surface area contributed by atoms with Gasteiger partial charge in [0.15, 0.2) is 0 Å². The van der Waals surface area contributed by atoms with Crippen LogP contribution in [-0.2, 0) is 16.0 Å². The fourth-order valence-corrected chi connectivity index (χ4v) is 3.80. The standard InChI is InChI=1S/C20H26N2O2/c1-3-12-22-13-7-6-10-18(22)20(23)21(2)15-19-17-9-5-4-8-16(17)11-14-24-19/h1,4-5,8-9,18-19H,6-7,10-15H2,2H3. The number of terminal acetylenes is 1. The summed E-state index contributed by atoms with van der Waals surface area (Å²) in [6.07, 6.45) is 9.48. The van der Waals surface area contributed by atoms with Gasteiger partial charge in [0.2, 0.25) is 5.91 Å². The number of likely N-dealkylation sites (N-methyl/N-ethyl adjacent to an activating group) is 1. The van der Waals surface area contributed by atoms with Crippen LogP contribution < -0.4 is 0 Å². The molecule has 2 heterocycles. The van der Waals surface area contributed by atoms with Crippen LogP contribution in [0.4, 0.5) is 0 Å². The average molecular weight is 326 g/mol. The van der Waals surface area contributed by atoms with E-state index in [0.717, 1.165) is 38.8 Å². The van der Waals surface area contributed by atoms with Crippen LogP contribution in [0.25, 0.3) is 0 Å². The third kappa shape index (κ3) is 3.63. The maximum atomic E-state index is 12.9. The molecule has 1 aromatic carbocycles. The molecule has 1 aromatic rings. The van der Waals surface area contributed by atoms with Crippen molar-refractivity contribution in [3.05, 3.63) is 35.4 Å². The smallest absolute Gasteiger partial charge is 0.239 e. The molecule has 4 heteroatoms. The first-order valence-corrected chi connectivity index (χ1v) is 8.82. The van der Waals surface area contributed by atoms with Crippen LogP contribution in [0, 0.1) is 12.3 Å². The normalized spacial score (nSPS) is 24.0. The van der Waals surface area contributed by atoms with Crippen molar-refractivity contribution in [2.45, 2.75) is 37.8 Å². The van der Waals surface area contributed by atoms with Crippen LogP contribution in [-0.4, -0.2) is 55.0 Å². The maximum Gasteiger partial charge on any atom is 0.239 e. The second-order valence-electron chi connectivity index (χ2n) is 6.71. The van der Waals surface area contributed by atoms with Crippen molar-refractivity contribution in [1.29, 1.82) is 0 Å². The van der Waals surface area contributed by atoms with Gasteiger partial charge in [0.1, 0.15) is 6.10 Å². The van der Waals surface area contributed by atoms with E-state index in [1.54, 1.807) is 0 Å². The highest BCUT2D eigenvalue weighted by Crippen LogP contribution is 2.28. The number of piperidine rings is 1. The topological polar surface area (TPSA) is 32.8 Å². The van der Waals surface area contributed by atoms with E-state index < -0.39 is 0 Å². The highest BCUT2D eigenvalue weighted by Gasteiger charge is 2.32. The lowest BCUT2D eigenvalue weighted by Gasteiger charge is -2.37. The van der Waals surface area contributed by atoms with Gasteiger partial charge in [-0.1, -0.05) is 36.6 Å². The minimum absolute atomic E-state index is 0.0337. The Labute approximate surface area is 144 Å². The molecule has 2 aliphatic heterocycles. The Balaban J connectivity index is 1.67. The second-order valence-corrected chi connectivity index (χ2v) is 6.71. The predicted octanol–water partition coefficient (Wildman–Crippen LogP) is 2.25. The van der Waals surface area contributed by atoms with Gasteiger partial charge in [-0.15, -0.1) is 6.42 Å². The van der Waals surface area contributed by atoms with Crippen LogP contribution in [0.5, 0.6) is 0 Å². The van der Waals surface area contributed by atoms with E-state index >= 15 is 0 Å². The molecule has 0 N–H and O–H groups in total. The number of carbonyl (C=O) groups excluding carboxylic acids is 1. The number of rotatable bonds is 4. The van der Waals surface area contributed by atoms with Gasteiger partial charge in [0.25, 0.3) is 0 Å². The highest BCUT2D eigenvalue weighted by atomic mass is 16.5. The van der Waals surface area contributed by atoms with Crippen LogP contribution in [0.2, 0.25) is 0 Å². The number of hydrogen-bond donors (Lipinski definition) is 0. The minimum Gasteiger partial charge on any atom is -0.371 e. The number of benzene rings is 1. The first kappa shape index (κ1) is 17.0. The molecular weight excluding hydrogens is 300 g/mol. The quantitative estimate of drug-likeness (QED) is 0.796. The number of hydrogen-bond acceptors (Lipinski definition) is 3. The van der Waals surface area contributed by atoms with Crippen LogP contribution in [0.3, 0.4) is 0 Å². The molecule has 0 aromatic heterocycles. The van der Waals surface area contributed by atoms with Crippen molar-refractivity contribution >= 4 is 5.91 Å². The fourth-order valence-electron chi connectivity index (χ4n) is 3.80. The first-order chi connectivity index (χ1) is 11.7. The molecule has 24 heavy (non-hydrogen) atoms. The van der Waals surface area contributed by atoms with Gasteiger partial charge in [-0.2, -0.15) is 0 Å². The van der Waals surface area contributed by atoms with Gasteiger partial charge < -0.3 is 9.64 Å². The van der Waals surface area contributed by atoms with E-state index in [-0.39, 0.29) is 18.1 Å². The molecule has 2 aliphatic rings. The first-order valence-electron chi connectivity index (χ1n) is 8.82. The summed E-state index contributed by atoms with van der Waals surface area (Å²) in [7, 11) is 1.88. The summed E-state index contributed by atoms with van der Waals surface area (Å²) in [6, 6.07) is 8.29. The molecule has 128 valence electrons. The number of fused-ring (bicyclic) bond motifs is 1. The Morgan fingerprint density at radius 2 is 2.25 bits per heavy atom. The molecule has 2 unspecified atom stereocenters. The zero-order valence-electron chi connectivity index (χ0n) is 14.4. The lowest BCUT2D eigenvalue weighted by molar-refractivity contribution is -0.138. The van der Waals surface area contributed by atoms with E-state index in [1.165, 1.54) is 11.1 Å². The Bertz CT molecular complexity index is 622. The zero-order chi connectivity index (χ0) is 16.9. The monoisotopic (exact) mass is 326 g/mol. The van der Waals surface area contributed by atoms with E-state index in [9.17, 15) is 4.79 Å². The average Bonchev–Trinajstić information content (AvgIpc) is 2.62. The Morgan fingerprint density at radius 1 is 1.42 bits per heavy atom. The molecule has 4 nitrogen and oxygen atoms in total. The molecule has 2 atom stereocenters. The molecule has 1 saturated heterocycles. The summed E-state index contributed by atoms with van der Waals surface area (Å²) < 4.78 is 5.95. The molecule has 3 rings (SSSR count). The summed E-state index contributed by atoms with van der Waals surface area (Å²) in [6.45, 7) is 2.77. The molecular formula is C20H26N2O2. The lowest BCUT2D eigenvalue weighted by Crippen LogP contribution is -2.50. The van der Waals surface area contributed by atoms with Crippen LogP contribution in [0.15, 0.2) is 24.3 Å². The summed E-state index contributed by atoms with van der Waals surface area (Å²) in [5.74, 6) is 2.85. The highest BCUT2D eigenvalue weighted by molar-refractivity contribution is 5.81. The van der Waals surface area contributed by atoms with Crippen molar-refractivity contribution in [3.63, 3.8) is 0 Å². The summed E-state index contributed by atoms with van der Waals surface area (Å²) in [5.41, 5.74) is 2.55. The van der Waals surface area contributed by atoms with Gasteiger partial charge in [-0.3, -0.25) is 9.69 Å². The van der Waals surface area contributed by atoms with Crippen molar-refractivity contribution < 1.29 is 9.53 Å². The zero-order valence-corrected chi connectivity index (χ0v) is 14.4.